The van der Waals surface area contributed by atoms with Crippen LogP contribution in [0, 0.1) is 0 Å². The first-order valence-corrected chi connectivity index (χ1v) is 10.4. The molecule has 0 unspecified atom stereocenters. The lowest BCUT2D eigenvalue weighted by Crippen LogP contribution is -2.37. The summed E-state index contributed by atoms with van der Waals surface area (Å²) in [5.41, 5.74) is 1.64. The van der Waals surface area contributed by atoms with Gasteiger partial charge < -0.3 is 5.32 Å². The fourth-order valence-electron chi connectivity index (χ4n) is 2.91. The molecule has 1 aromatic carbocycles. The topological polar surface area (TPSA) is 96.4 Å². The van der Waals surface area contributed by atoms with Crippen molar-refractivity contribution in [1.82, 2.24) is 4.98 Å². The van der Waals surface area contributed by atoms with Crippen LogP contribution in [0.5, 0.6) is 0 Å². The first-order chi connectivity index (χ1) is 13.0. The van der Waals surface area contributed by atoms with Crippen LogP contribution in [0.25, 0.3) is 0 Å². The number of benzene rings is 1. The zero-order valence-corrected chi connectivity index (χ0v) is 15.6. The van der Waals surface area contributed by atoms with Gasteiger partial charge in [0.25, 0.3) is 0 Å². The number of pyridine rings is 1. The summed E-state index contributed by atoms with van der Waals surface area (Å²) >= 11 is 0. The Bertz CT molecular complexity index is 912. The molecule has 1 aromatic heterocycles. The minimum atomic E-state index is -3.25. The molecule has 1 aliphatic heterocycles. The SMILES string of the molecule is O=C(CCC(=O)c1cccnc1)Nc1ccc(N2CCCCS2(=O)=O)cc1. The van der Waals surface area contributed by atoms with Crippen molar-refractivity contribution in [2.45, 2.75) is 25.7 Å². The maximum Gasteiger partial charge on any atom is 0.235 e. The third-order valence-corrected chi connectivity index (χ3v) is 6.22. The molecular weight excluding hydrogens is 366 g/mol. The Morgan fingerprint density at radius 3 is 2.52 bits per heavy atom. The van der Waals surface area contributed by atoms with Crippen LogP contribution in [-0.4, -0.2) is 37.4 Å². The molecule has 27 heavy (non-hydrogen) atoms. The highest BCUT2D eigenvalue weighted by Gasteiger charge is 2.25. The average molecular weight is 387 g/mol. The fourth-order valence-corrected chi connectivity index (χ4v) is 4.55. The fraction of sp³-hybridized carbons (Fsp3) is 0.316. The van der Waals surface area contributed by atoms with Gasteiger partial charge in [-0.3, -0.25) is 18.9 Å². The monoisotopic (exact) mass is 387 g/mol. The molecule has 8 heteroatoms. The number of aromatic nitrogens is 1. The van der Waals surface area contributed by atoms with Crippen LogP contribution in [0.3, 0.4) is 0 Å². The van der Waals surface area contributed by atoms with E-state index >= 15 is 0 Å². The largest absolute Gasteiger partial charge is 0.326 e. The minimum Gasteiger partial charge on any atom is -0.326 e. The first kappa shape index (κ1) is 19.0. The Balaban J connectivity index is 1.55. The van der Waals surface area contributed by atoms with E-state index in [-0.39, 0.29) is 30.3 Å². The number of carbonyl (C=O) groups excluding carboxylic acids is 2. The number of nitrogens with one attached hydrogen (secondary N) is 1. The zero-order valence-electron chi connectivity index (χ0n) is 14.8. The van der Waals surface area contributed by atoms with E-state index in [1.165, 1.54) is 10.5 Å². The van der Waals surface area contributed by atoms with Crippen molar-refractivity contribution in [1.29, 1.82) is 0 Å². The lowest BCUT2D eigenvalue weighted by Gasteiger charge is -2.28. The summed E-state index contributed by atoms with van der Waals surface area (Å²) in [6, 6.07) is 10.0. The summed E-state index contributed by atoms with van der Waals surface area (Å²) in [7, 11) is -3.25. The van der Waals surface area contributed by atoms with Gasteiger partial charge >= 0.3 is 0 Å². The number of anilines is 2. The molecule has 0 atom stereocenters. The number of ketones is 1. The van der Waals surface area contributed by atoms with Gasteiger partial charge in [0.1, 0.15) is 0 Å². The second-order valence-electron chi connectivity index (χ2n) is 6.36. The third kappa shape index (κ3) is 4.91. The van der Waals surface area contributed by atoms with E-state index in [1.54, 1.807) is 42.6 Å². The van der Waals surface area contributed by atoms with Gasteiger partial charge in [0.2, 0.25) is 15.9 Å². The smallest absolute Gasteiger partial charge is 0.235 e. The molecule has 0 saturated carbocycles. The van der Waals surface area contributed by atoms with Crippen molar-refractivity contribution in [3.63, 3.8) is 0 Å². The molecule has 0 bridgehead atoms. The molecule has 0 aliphatic carbocycles. The quantitative estimate of drug-likeness (QED) is 0.769. The number of carbonyl (C=O) groups is 2. The second-order valence-corrected chi connectivity index (χ2v) is 8.37. The normalized spacial score (nSPS) is 15.9. The molecule has 2 heterocycles. The number of sulfonamides is 1. The molecule has 1 N–H and O–H groups in total. The molecule has 0 spiro atoms. The molecule has 1 fully saturated rings. The number of Topliss-reactive ketones (excluding diaryl/α,β-unsaturated/α-hetero) is 1. The lowest BCUT2D eigenvalue weighted by atomic mass is 10.1. The zero-order chi connectivity index (χ0) is 19.3. The highest BCUT2D eigenvalue weighted by atomic mass is 32.2. The number of hydrogen-bond acceptors (Lipinski definition) is 5. The van der Waals surface area contributed by atoms with E-state index in [2.05, 4.69) is 10.3 Å². The molecule has 1 aliphatic rings. The lowest BCUT2D eigenvalue weighted by molar-refractivity contribution is -0.116. The molecule has 3 rings (SSSR count). The maximum absolute atomic E-state index is 12.1. The van der Waals surface area contributed by atoms with Crippen molar-refractivity contribution in [2.24, 2.45) is 0 Å². The Labute approximate surface area is 158 Å². The van der Waals surface area contributed by atoms with Gasteiger partial charge in [0.05, 0.1) is 11.4 Å². The molecule has 1 saturated heterocycles. The van der Waals surface area contributed by atoms with Crippen molar-refractivity contribution in [3.05, 3.63) is 54.4 Å². The van der Waals surface area contributed by atoms with E-state index in [0.29, 0.717) is 29.9 Å². The van der Waals surface area contributed by atoms with Crippen molar-refractivity contribution in [2.75, 3.05) is 21.9 Å². The van der Waals surface area contributed by atoms with Crippen molar-refractivity contribution in [3.8, 4) is 0 Å². The Hall–Kier alpha value is -2.74. The summed E-state index contributed by atoms with van der Waals surface area (Å²) in [5.74, 6) is -0.245. The Morgan fingerprint density at radius 1 is 1.07 bits per heavy atom. The van der Waals surface area contributed by atoms with Gasteiger partial charge in [-0.15, -0.1) is 0 Å². The highest BCUT2D eigenvalue weighted by Crippen LogP contribution is 2.25. The molecular formula is C19H21N3O4S. The predicted octanol–water partition coefficient (Wildman–Crippen LogP) is 2.61. The summed E-state index contributed by atoms with van der Waals surface area (Å²) in [4.78, 5) is 27.9. The molecule has 0 radical (unpaired) electrons. The van der Waals surface area contributed by atoms with E-state index in [1.807, 2.05) is 0 Å². The summed E-state index contributed by atoms with van der Waals surface area (Å²) in [6.07, 6.45) is 4.75. The van der Waals surface area contributed by atoms with Crippen LogP contribution in [0.4, 0.5) is 11.4 Å². The van der Waals surface area contributed by atoms with Crippen LogP contribution in [-0.2, 0) is 14.8 Å². The standard InChI is InChI=1S/C19H21N3O4S/c23-18(15-4-3-11-20-14-15)9-10-19(24)21-16-5-7-17(8-6-16)22-12-1-2-13-27(22,25)26/h3-8,11,14H,1-2,9-10,12-13H2,(H,21,24). The van der Waals surface area contributed by atoms with Gasteiger partial charge in [0.15, 0.2) is 5.78 Å². The van der Waals surface area contributed by atoms with E-state index in [9.17, 15) is 18.0 Å². The van der Waals surface area contributed by atoms with Gasteiger partial charge in [-0.25, -0.2) is 8.42 Å². The van der Waals surface area contributed by atoms with Crippen LogP contribution in [0.15, 0.2) is 48.8 Å². The molecule has 142 valence electrons. The minimum absolute atomic E-state index is 0.0655. The van der Waals surface area contributed by atoms with Crippen molar-refractivity contribution >= 4 is 33.1 Å². The number of nitrogens with zero attached hydrogens (tertiary/aromatic N) is 2. The number of rotatable bonds is 6. The number of hydrogen-bond donors (Lipinski definition) is 1. The molecule has 1 amide bonds. The van der Waals surface area contributed by atoms with Gasteiger partial charge in [-0.1, -0.05) is 0 Å². The first-order valence-electron chi connectivity index (χ1n) is 8.79. The van der Waals surface area contributed by atoms with E-state index in [4.69, 9.17) is 0 Å². The maximum atomic E-state index is 12.1. The number of amides is 1. The Morgan fingerprint density at radius 2 is 1.85 bits per heavy atom. The summed E-state index contributed by atoms with van der Waals surface area (Å²) < 4.78 is 25.7. The average Bonchev–Trinajstić information content (AvgIpc) is 2.67. The van der Waals surface area contributed by atoms with Gasteiger partial charge in [-0.05, 0) is 49.2 Å². The van der Waals surface area contributed by atoms with Gasteiger partial charge in [-0.2, -0.15) is 0 Å². The molecule has 7 nitrogen and oxygen atoms in total. The second kappa shape index (κ2) is 8.30. The van der Waals surface area contributed by atoms with Gasteiger partial charge in [0, 0.05) is 43.0 Å². The van der Waals surface area contributed by atoms with Crippen LogP contribution >= 0.6 is 0 Å². The summed E-state index contributed by atoms with van der Waals surface area (Å²) in [6.45, 7) is 0.477. The highest BCUT2D eigenvalue weighted by molar-refractivity contribution is 7.92. The predicted molar refractivity (Wildman–Crippen MR) is 103 cm³/mol. The van der Waals surface area contributed by atoms with Crippen LogP contribution in [0.1, 0.15) is 36.0 Å². The van der Waals surface area contributed by atoms with Crippen LogP contribution < -0.4 is 9.62 Å². The third-order valence-electron chi connectivity index (χ3n) is 4.35. The van der Waals surface area contributed by atoms with Crippen LogP contribution in [0.2, 0.25) is 0 Å². The van der Waals surface area contributed by atoms with E-state index < -0.39 is 10.0 Å². The Kier molecular flexibility index (Phi) is 5.85. The van der Waals surface area contributed by atoms with E-state index in [0.717, 1.165) is 6.42 Å². The summed E-state index contributed by atoms with van der Waals surface area (Å²) in [5, 5.41) is 2.72. The van der Waals surface area contributed by atoms with Crippen molar-refractivity contribution < 1.29 is 18.0 Å². The molecule has 2 aromatic rings.